The Bertz CT molecular complexity index is 792. The third kappa shape index (κ3) is 4.04. The van der Waals surface area contributed by atoms with Crippen molar-refractivity contribution >= 4 is 41.2 Å². The first-order valence-electron chi connectivity index (χ1n) is 8.91. The summed E-state index contributed by atoms with van der Waals surface area (Å²) in [6.07, 6.45) is -0.0532. The van der Waals surface area contributed by atoms with Crippen LogP contribution in [0.2, 0.25) is 5.02 Å². The van der Waals surface area contributed by atoms with Crippen LogP contribution >= 0.6 is 11.6 Å². The fraction of sp³-hybridized carbons (Fsp3) is 0.444. The molecule has 1 atom stereocenters. The highest BCUT2D eigenvalue weighted by Crippen LogP contribution is 2.19. The van der Waals surface area contributed by atoms with E-state index in [1.54, 1.807) is 34.1 Å². The van der Waals surface area contributed by atoms with Gasteiger partial charge >= 0.3 is 12.1 Å². The zero-order valence-electron chi connectivity index (χ0n) is 15.7. The van der Waals surface area contributed by atoms with E-state index in [0.717, 1.165) is 4.90 Å². The molecule has 2 aliphatic rings. The number of urea groups is 2. The average Bonchev–Trinajstić information content (AvgIpc) is 2.87. The van der Waals surface area contributed by atoms with Crippen molar-refractivity contribution < 1.29 is 19.2 Å². The van der Waals surface area contributed by atoms with Crippen LogP contribution in [0.15, 0.2) is 24.3 Å². The van der Waals surface area contributed by atoms with E-state index in [1.807, 2.05) is 0 Å². The van der Waals surface area contributed by atoms with Crippen molar-refractivity contribution in [2.24, 2.45) is 0 Å². The first-order valence-corrected chi connectivity index (χ1v) is 9.29. The van der Waals surface area contributed by atoms with Gasteiger partial charge in [-0.2, -0.15) is 0 Å². The summed E-state index contributed by atoms with van der Waals surface area (Å²) in [7, 11) is 2.92. The second-order valence-corrected chi connectivity index (χ2v) is 7.25. The number of piperazine rings is 1. The van der Waals surface area contributed by atoms with Crippen LogP contribution in [0.4, 0.5) is 15.3 Å². The topological polar surface area (TPSA) is 93.3 Å². The zero-order chi connectivity index (χ0) is 20.4. The molecule has 2 heterocycles. The third-order valence-electron chi connectivity index (χ3n) is 5.05. The van der Waals surface area contributed by atoms with Gasteiger partial charge in [-0.1, -0.05) is 11.6 Å². The molecule has 150 valence electrons. The van der Waals surface area contributed by atoms with E-state index in [0.29, 0.717) is 36.9 Å². The lowest BCUT2D eigenvalue weighted by Crippen LogP contribution is -2.52. The predicted octanol–water partition coefficient (Wildman–Crippen LogP) is 1.30. The Morgan fingerprint density at radius 2 is 1.61 bits per heavy atom. The van der Waals surface area contributed by atoms with Crippen LogP contribution in [0, 0.1) is 0 Å². The van der Waals surface area contributed by atoms with E-state index in [2.05, 4.69) is 5.32 Å². The van der Waals surface area contributed by atoms with Gasteiger partial charge in [-0.05, 0) is 24.3 Å². The van der Waals surface area contributed by atoms with Crippen LogP contribution in [0.25, 0.3) is 0 Å². The van der Waals surface area contributed by atoms with Gasteiger partial charge in [0.25, 0.3) is 5.91 Å². The fourth-order valence-electron chi connectivity index (χ4n) is 3.27. The summed E-state index contributed by atoms with van der Waals surface area (Å²) >= 11 is 5.83. The Morgan fingerprint density at radius 3 is 2.14 bits per heavy atom. The maximum Gasteiger partial charge on any atom is 0.326 e. The number of likely N-dealkylation sites (N-methyl/N-ethyl adjacent to an activating group) is 2. The number of halogens is 1. The minimum Gasteiger partial charge on any atom is -0.339 e. The Labute approximate surface area is 167 Å². The lowest BCUT2D eigenvalue weighted by molar-refractivity contribution is -0.137. The average molecular weight is 408 g/mol. The minimum atomic E-state index is -0.767. The number of carbonyl (C=O) groups excluding carboxylic acids is 4. The summed E-state index contributed by atoms with van der Waals surface area (Å²) < 4.78 is 0. The molecule has 0 bridgehead atoms. The first kappa shape index (κ1) is 19.9. The van der Waals surface area contributed by atoms with Gasteiger partial charge in [-0.25, -0.2) is 9.59 Å². The molecule has 0 spiro atoms. The number of imide groups is 1. The van der Waals surface area contributed by atoms with Gasteiger partial charge in [0, 0.05) is 51.0 Å². The van der Waals surface area contributed by atoms with Crippen molar-refractivity contribution in [3.05, 3.63) is 29.3 Å². The lowest BCUT2D eigenvalue weighted by Gasteiger charge is -2.35. The highest BCUT2D eigenvalue weighted by Gasteiger charge is 2.42. The van der Waals surface area contributed by atoms with Gasteiger partial charge in [-0.15, -0.1) is 0 Å². The molecule has 2 saturated heterocycles. The van der Waals surface area contributed by atoms with E-state index >= 15 is 0 Å². The van der Waals surface area contributed by atoms with E-state index < -0.39 is 12.1 Å². The second-order valence-electron chi connectivity index (χ2n) is 6.82. The number of rotatable bonds is 3. The normalized spacial score (nSPS) is 20.0. The monoisotopic (exact) mass is 407 g/mol. The van der Waals surface area contributed by atoms with Crippen LogP contribution in [-0.2, 0) is 9.59 Å². The number of hydrogen-bond donors (Lipinski definition) is 1. The quantitative estimate of drug-likeness (QED) is 0.764. The summed E-state index contributed by atoms with van der Waals surface area (Å²) in [6, 6.07) is 5.39. The third-order valence-corrected chi connectivity index (χ3v) is 5.31. The Hall–Kier alpha value is -2.81. The molecule has 1 N–H and O–H groups in total. The number of hydrogen-bond acceptors (Lipinski definition) is 4. The second kappa shape index (κ2) is 8.05. The van der Waals surface area contributed by atoms with Crippen LogP contribution in [-0.4, -0.2) is 89.8 Å². The molecule has 3 rings (SSSR count). The molecule has 10 heteroatoms. The van der Waals surface area contributed by atoms with Crippen LogP contribution in [0.5, 0.6) is 0 Å². The van der Waals surface area contributed by atoms with Crippen molar-refractivity contribution in [1.82, 2.24) is 19.6 Å². The number of nitrogens with one attached hydrogen (secondary N) is 1. The number of amides is 6. The van der Waals surface area contributed by atoms with Gasteiger partial charge < -0.3 is 20.0 Å². The molecule has 6 amide bonds. The summed E-state index contributed by atoms with van der Waals surface area (Å²) in [5.74, 6) is -0.576. The first-order chi connectivity index (χ1) is 13.3. The molecule has 0 aliphatic carbocycles. The molecule has 1 aromatic rings. The largest absolute Gasteiger partial charge is 0.339 e. The Balaban J connectivity index is 1.50. The van der Waals surface area contributed by atoms with Gasteiger partial charge in [0.05, 0.1) is 6.42 Å². The molecule has 0 radical (unpaired) electrons. The Kier molecular flexibility index (Phi) is 5.73. The molecule has 0 unspecified atom stereocenters. The summed E-state index contributed by atoms with van der Waals surface area (Å²) in [6.45, 7) is 1.53. The molecule has 0 aromatic heterocycles. The molecular weight excluding hydrogens is 386 g/mol. The van der Waals surface area contributed by atoms with E-state index in [1.165, 1.54) is 19.0 Å². The van der Waals surface area contributed by atoms with Crippen LogP contribution < -0.4 is 5.32 Å². The van der Waals surface area contributed by atoms with Crippen molar-refractivity contribution in [2.45, 2.75) is 12.5 Å². The molecule has 0 saturated carbocycles. The molecular formula is C18H22ClN5O4. The van der Waals surface area contributed by atoms with Crippen LogP contribution in [0.3, 0.4) is 0 Å². The molecule has 2 aliphatic heterocycles. The SMILES string of the molecule is CN1C(=O)[C@@H](CC(=O)N2CCN(C(=O)Nc3ccc(Cl)cc3)CC2)N(C)C1=O. The Morgan fingerprint density at radius 1 is 1.04 bits per heavy atom. The summed E-state index contributed by atoms with van der Waals surface area (Å²) in [5, 5.41) is 3.38. The van der Waals surface area contributed by atoms with Gasteiger partial charge in [0.1, 0.15) is 6.04 Å². The minimum absolute atomic E-state index is 0.0532. The van der Waals surface area contributed by atoms with Gasteiger partial charge in [0.2, 0.25) is 5.91 Å². The predicted molar refractivity (Wildman–Crippen MR) is 103 cm³/mol. The highest BCUT2D eigenvalue weighted by molar-refractivity contribution is 6.30. The maximum absolute atomic E-state index is 12.5. The summed E-state index contributed by atoms with van der Waals surface area (Å²) in [4.78, 5) is 54.4. The molecule has 2 fully saturated rings. The van der Waals surface area contributed by atoms with Gasteiger partial charge in [-0.3, -0.25) is 14.5 Å². The molecule has 28 heavy (non-hydrogen) atoms. The van der Waals surface area contributed by atoms with E-state index in [4.69, 9.17) is 11.6 Å². The van der Waals surface area contributed by atoms with Crippen LogP contribution in [0.1, 0.15) is 6.42 Å². The zero-order valence-corrected chi connectivity index (χ0v) is 16.5. The maximum atomic E-state index is 12.5. The van der Waals surface area contributed by atoms with E-state index in [9.17, 15) is 19.2 Å². The molecule has 1 aromatic carbocycles. The number of benzene rings is 1. The number of carbonyl (C=O) groups is 4. The fourth-order valence-corrected chi connectivity index (χ4v) is 3.39. The lowest BCUT2D eigenvalue weighted by atomic mass is 10.1. The molecule has 9 nitrogen and oxygen atoms in total. The number of nitrogens with zero attached hydrogens (tertiary/aromatic N) is 4. The van der Waals surface area contributed by atoms with Crippen molar-refractivity contribution in [3.8, 4) is 0 Å². The number of anilines is 1. The smallest absolute Gasteiger partial charge is 0.326 e. The van der Waals surface area contributed by atoms with Gasteiger partial charge in [0.15, 0.2) is 0 Å². The van der Waals surface area contributed by atoms with Crippen molar-refractivity contribution in [1.29, 1.82) is 0 Å². The van der Waals surface area contributed by atoms with E-state index in [-0.39, 0.29) is 24.3 Å². The summed E-state index contributed by atoms with van der Waals surface area (Å²) in [5.41, 5.74) is 0.643. The standard InChI is InChI=1S/C18H22ClN5O4/c1-21-14(16(26)22(2)18(21)28)11-15(25)23-7-9-24(10-8-23)17(27)20-13-5-3-12(19)4-6-13/h3-6,14H,7-11H2,1-2H3,(H,20,27)/t14-/m1/s1. The van der Waals surface area contributed by atoms with Crippen molar-refractivity contribution in [3.63, 3.8) is 0 Å². The highest BCUT2D eigenvalue weighted by atomic mass is 35.5. The van der Waals surface area contributed by atoms with Crippen molar-refractivity contribution in [2.75, 3.05) is 45.6 Å².